The van der Waals surface area contributed by atoms with E-state index in [2.05, 4.69) is 10.0 Å². The molecule has 0 atom stereocenters. The van der Waals surface area contributed by atoms with Crippen molar-refractivity contribution in [3.05, 3.63) is 23.3 Å². The Balaban J connectivity index is 2.83. The van der Waals surface area contributed by atoms with Crippen molar-refractivity contribution in [2.75, 3.05) is 18.8 Å². The molecule has 0 fully saturated rings. The molecular weight excluding hydrogens is 266 g/mol. The highest BCUT2D eigenvalue weighted by Crippen LogP contribution is 2.22. The smallest absolute Gasteiger partial charge is 0.242 e. The fourth-order valence-electron chi connectivity index (χ4n) is 1.55. The Morgan fingerprint density at radius 3 is 2.37 bits per heavy atom. The second-order valence-electron chi connectivity index (χ2n) is 4.36. The van der Waals surface area contributed by atoms with Gasteiger partial charge in [0.05, 0.1) is 5.69 Å². The monoisotopic (exact) mass is 285 g/mol. The molecule has 0 aliphatic carbocycles. The predicted octanol–water partition coefficient (Wildman–Crippen LogP) is 0.300. The van der Waals surface area contributed by atoms with Crippen molar-refractivity contribution < 1.29 is 13.2 Å². The number of amides is 1. The standard InChI is InChI=1S/C12H19N3O3S/c1-8-6-11(13)12(7-9(8)2)19(17,18)15-5-4-14-10(3)16/h6-7,15H,4-5,13H2,1-3H3,(H,14,16). The molecule has 4 N–H and O–H groups in total. The third kappa shape index (κ3) is 4.22. The van der Waals surface area contributed by atoms with Gasteiger partial charge in [-0.25, -0.2) is 13.1 Å². The van der Waals surface area contributed by atoms with E-state index in [4.69, 9.17) is 5.73 Å². The summed E-state index contributed by atoms with van der Waals surface area (Å²) in [5.74, 6) is -0.204. The number of nitrogens with one attached hydrogen (secondary N) is 2. The lowest BCUT2D eigenvalue weighted by Gasteiger charge is -2.11. The Hall–Kier alpha value is -1.60. The third-order valence-electron chi connectivity index (χ3n) is 2.71. The Morgan fingerprint density at radius 1 is 1.21 bits per heavy atom. The SMILES string of the molecule is CC(=O)NCCNS(=O)(=O)c1cc(C)c(C)cc1N. The van der Waals surface area contributed by atoms with Crippen LogP contribution in [0.3, 0.4) is 0 Å². The van der Waals surface area contributed by atoms with Gasteiger partial charge in [0.1, 0.15) is 4.90 Å². The number of aryl methyl sites for hydroxylation is 2. The maximum absolute atomic E-state index is 12.1. The maximum Gasteiger partial charge on any atom is 0.242 e. The molecule has 1 aromatic carbocycles. The van der Waals surface area contributed by atoms with Gasteiger partial charge in [-0.3, -0.25) is 4.79 Å². The minimum Gasteiger partial charge on any atom is -0.398 e. The fourth-order valence-corrected chi connectivity index (χ4v) is 2.77. The summed E-state index contributed by atoms with van der Waals surface area (Å²) >= 11 is 0. The fraction of sp³-hybridized carbons (Fsp3) is 0.417. The van der Waals surface area contributed by atoms with Gasteiger partial charge in [-0.2, -0.15) is 0 Å². The number of hydrogen-bond acceptors (Lipinski definition) is 4. The number of hydrogen-bond donors (Lipinski definition) is 3. The van der Waals surface area contributed by atoms with Crippen molar-refractivity contribution in [3.63, 3.8) is 0 Å². The molecule has 1 amide bonds. The summed E-state index contributed by atoms with van der Waals surface area (Å²) < 4.78 is 26.5. The Bertz CT molecular complexity index is 582. The Morgan fingerprint density at radius 2 is 1.79 bits per heavy atom. The molecule has 0 aromatic heterocycles. The molecule has 1 aromatic rings. The average molecular weight is 285 g/mol. The van der Waals surface area contributed by atoms with Gasteiger partial charge < -0.3 is 11.1 Å². The molecule has 0 saturated carbocycles. The zero-order valence-electron chi connectivity index (χ0n) is 11.3. The van der Waals surface area contributed by atoms with Crippen LogP contribution in [0.4, 0.5) is 5.69 Å². The summed E-state index contributed by atoms with van der Waals surface area (Å²) in [7, 11) is -3.65. The number of nitrogens with two attached hydrogens (primary N) is 1. The van der Waals surface area contributed by atoms with E-state index < -0.39 is 10.0 Å². The van der Waals surface area contributed by atoms with Crippen molar-refractivity contribution in [2.45, 2.75) is 25.7 Å². The van der Waals surface area contributed by atoms with Gasteiger partial charge in [-0.1, -0.05) is 0 Å². The number of anilines is 1. The quantitative estimate of drug-likeness (QED) is 0.535. The topological polar surface area (TPSA) is 101 Å². The first-order chi connectivity index (χ1) is 8.74. The minimum absolute atomic E-state index is 0.0680. The van der Waals surface area contributed by atoms with E-state index in [9.17, 15) is 13.2 Å². The molecule has 0 aliphatic heterocycles. The van der Waals surface area contributed by atoms with Gasteiger partial charge in [0, 0.05) is 20.0 Å². The zero-order chi connectivity index (χ0) is 14.6. The first-order valence-electron chi connectivity index (χ1n) is 5.85. The molecule has 7 heteroatoms. The van der Waals surface area contributed by atoms with Crippen LogP contribution in [0.25, 0.3) is 0 Å². The zero-order valence-corrected chi connectivity index (χ0v) is 12.1. The van der Waals surface area contributed by atoms with E-state index in [1.165, 1.54) is 6.92 Å². The predicted molar refractivity (Wildman–Crippen MR) is 74.2 cm³/mol. The minimum atomic E-state index is -3.65. The van der Waals surface area contributed by atoms with E-state index in [1.807, 2.05) is 13.8 Å². The first-order valence-corrected chi connectivity index (χ1v) is 7.33. The van der Waals surface area contributed by atoms with Crippen LogP contribution in [-0.2, 0) is 14.8 Å². The van der Waals surface area contributed by atoms with E-state index >= 15 is 0 Å². The van der Waals surface area contributed by atoms with E-state index in [1.54, 1.807) is 12.1 Å². The maximum atomic E-state index is 12.1. The van der Waals surface area contributed by atoms with Gasteiger partial charge in [0.25, 0.3) is 0 Å². The first kappa shape index (κ1) is 15.5. The summed E-state index contributed by atoms with van der Waals surface area (Å²) in [4.78, 5) is 10.7. The van der Waals surface area contributed by atoms with Crippen molar-refractivity contribution in [2.24, 2.45) is 0 Å². The number of benzene rings is 1. The number of carbonyl (C=O) groups excluding carboxylic acids is 1. The van der Waals surface area contributed by atoms with Crippen LogP contribution in [0.15, 0.2) is 17.0 Å². The van der Waals surface area contributed by atoms with Gasteiger partial charge in [0.2, 0.25) is 15.9 Å². The van der Waals surface area contributed by atoms with Crippen LogP contribution >= 0.6 is 0 Å². The summed E-state index contributed by atoms with van der Waals surface area (Å²) in [6.07, 6.45) is 0. The third-order valence-corrected chi connectivity index (χ3v) is 4.22. The van der Waals surface area contributed by atoms with Crippen LogP contribution in [0.2, 0.25) is 0 Å². The highest BCUT2D eigenvalue weighted by atomic mass is 32.2. The molecular formula is C12H19N3O3S. The van der Waals surface area contributed by atoms with Gasteiger partial charge in [0.15, 0.2) is 0 Å². The summed E-state index contributed by atoms with van der Waals surface area (Å²) in [5.41, 5.74) is 7.76. The van der Waals surface area contributed by atoms with Crippen LogP contribution in [-0.4, -0.2) is 27.4 Å². The van der Waals surface area contributed by atoms with Crippen LogP contribution < -0.4 is 15.8 Å². The van der Waals surface area contributed by atoms with Gasteiger partial charge in [-0.05, 0) is 37.1 Å². The molecule has 19 heavy (non-hydrogen) atoms. The number of sulfonamides is 1. The van der Waals surface area contributed by atoms with Crippen molar-refractivity contribution in [1.82, 2.24) is 10.0 Å². The van der Waals surface area contributed by atoms with Crippen molar-refractivity contribution in [3.8, 4) is 0 Å². The highest BCUT2D eigenvalue weighted by Gasteiger charge is 2.17. The van der Waals surface area contributed by atoms with Crippen LogP contribution in [0.1, 0.15) is 18.1 Å². The highest BCUT2D eigenvalue weighted by molar-refractivity contribution is 7.89. The van der Waals surface area contributed by atoms with E-state index in [0.717, 1.165) is 11.1 Å². The van der Waals surface area contributed by atoms with Crippen molar-refractivity contribution in [1.29, 1.82) is 0 Å². The summed E-state index contributed by atoms with van der Waals surface area (Å²) in [6, 6.07) is 3.18. The molecule has 1 rings (SSSR count). The molecule has 0 heterocycles. The average Bonchev–Trinajstić information content (AvgIpc) is 2.29. The molecule has 106 valence electrons. The largest absolute Gasteiger partial charge is 0.398 e. The van der Waals surface area contributed by atoms with E-state index in [0.29, 0.717) is 0 Å². The number of carbonyl (C=O) groups is 1. The Labute approximate surface area is 113 Å². The Kier molecular flexibility index (Phi) is 4.90. The van der Waals surface area contributed by atoms with Gasteiger partial charge >= 0.3 is 0 Å². The number of nitrogen functional groups attached to an aromatic ring is 1. The lowest BCUT2D eigenvalue weighted by molar-refractivity contribution is -0.118. The van der Waals surface area contributed by atoms with Crippen molar-refractivity contribution >= 4 is 21.6 Å². The van der Waals surface area contributed by atoms with Gasteiger partial charge in [-0.15, -0.1) is 0 Å². The number of rotatable bonds is 5. The molecule has 6 nitrogen and oxygen atoms in total. The molecule has 0 unspecified atom stereocenters. The van der Waals surface area contributed by atoms with E-state index in [-0.39, 0.29) is 29.6 Å². The molecule has 0 bridgehead atoms. The molecule has 0 radical (unpaired) electrons. The summed E-state index contributed by atoms with van der Waals surface area (Å²) in [6.45, 7) is 5.42. The second kappa shape index (κ2) is 6.03. The normalized spacial score (nSPS) is 11.3. The second-order valence-corrected chi connectivity index (χ2v) is 6.09. The lowest BCUT2D eigenvalue weighted by atomic mass is 10.1. The molecule has 0 aliphatic rings. The van der Waals surface area contributed by atoms with Crippen LogP contribution in [0.5, 0.6) is 0 Å². The lowest BCUT2D eigenvalue weighted by Crippen LogP contribution is -2.34. The van der Waals surface area contributed by atoms with Crippen LogP contribution in [0, 0.1) is 13.8 Å². The molecule has 0 spiro atoms. The molecule has 0 saturated heterocycles. The summed E-state index contributed by atoms with van der Waals surface area (Å²) in [5, 5.41) is 2.51.